The van der Waals surface area contributed by atoms with Crippen molar-refractivity contribution in [1.82, 2.24) is 4.98 Å². The average molecular weight is 468 g/mol. The number of aryl methyl sites for hydroxylation is 1. The van der Waals surface area contributed by atoms with Gasteiger partial charge in [-0.15, -0.1) is 11.3 Å². The molecular formula is C23H21N3O4S2. The molecule has 2 amide bonds. The molecule has 3 aromatic rings. The molecule has 3 N–H and O–H groups in total. The third-order valence-corrected chi connectivity index (χ3v) is 7.19. The average Bonchev–Trinajstić information content (AvgIpc) is 3.16. The summed E-state index contributed by atoms with van der Waals surface area (Å²) in [5.74, 6) is -1.73. The monoisotopic (exact) mass is 467 g/mol. The molecule has 2 heterocycles. The standard InChI is InChI=1S/C23H21N3O4S2/c24-20(28)19-15-9-4-5-11-17(15)32-22(19)26-18(27)13-30-23(29)16-10-6-12-25-21(16)31-14-7-2-1-3-8-14/h1-3,6-8,10,12H,4-5,9,11,13H2,(H2,24,28)(H,26,27). The van der Waals surface area contributed by atoms with Crippen LogP contribution in [0, 0.1) is 0 Å². The van der Waals surface area contributed by atoms with Crippen LogP contribution in [0.5, 0.6) is 0 Å². The second-order valence-electron chi connectivity index (χ2n) is 7.17. The van der Waals surface area contributed by atoms with Crippen LogP contribution in [-0.2, 0) is 22.4 Å². The summed E-state index contributed by atoms with van der Waals surface area (Å²) in [6, 6.07) is 12.8. The minimum Gasteiger partial charge on any atom is -0.452 e. The van der Waals surface area contributed by atoms with Crippen molar-refractivity contribution in [1.29, 1.82) is 0 Å². The van der Waals surface area contributed by atoms with Crippen LogP contribution >= 0.6 is 23.1 Å². The lowest BCUT2D eigenvalue weighted by molar-refractivity contribution is -0.119. The molecule has 32 heavy (non-hydrogen) atoms. The lowest BCUT2D eigenvalue weighted by atomic mass is 9.95. The highest BCUT2D eigenvalue weighted by Gasteiger charge is 2.25. The summed E-state index contributed by atoms with van der Waals surface area (Å²) >= 11 is 2.70. The Hall–Kier alpha value is -3.17. The van der Waals surface area contributed by atoms with Crippen LogP contribution in [0.1, 0.15) is 44.0 Å². The zero-order chi connectivity index (χ0) is 22.5. The minimum absolute atomic E-state index is 0.276. The molecule has 0 aliphatic heterocycles. The smallest absolute Gasteiger partial charge is 0.341 e. The Balaban J connectivity index is 1.42. The number of hydrogen-bond acceptors (Lipinski definition) is 7. The van der Waals surface area contributed by atoms with Gasteiger partial charge in [-0.25, -0.2) is 9.78 Å². The van der Waals surface area contributed by atoms with Crippen LogP contribution < -0.4 is 11.1 Å². The maximum absolute atomic E-state index is 12.6. The number of nitrogens with one attached hydrogen (secondary N) is 1. The first-order chi connectivity index (χ1) is 15.5. The van der Waals surface area contributed by atoms with Crippen molar-refractivity contribution < 1.29 is 19.1 Å². The van der Waals surface area contributed by atoms with Crippen LogP contribution in [0.2, 0.25) is 0 Å². The lowest BCUT2D eigenvalue weighted by Gasteiger charge is -2.11. The zero-order valence-electron chi connectivity index (χ0n) is 17.1. The molecule has 1 aromatic carbocycles. The van der Waals surface area contributed by atoms with E-state index in [1.165, 1.54) is 23.1 Å². The summed E-state index contributed by atoms with van der Waals surface area (Å²) in [5.41, 5.74) is 7.14. The van der Waals surface area contributed by atoms with E-state index in [9.17, 15) is 14.4 Å². The van der Waals surface area contributed by atoms with Gasteiger partial charge in [0.2, 0.25) is 0 Å². The molecule has 1 aliphatic carbocycles. The molecule has 9 heteroatoms. The van der Waals surface area contributed by atoms with E-state index in [2.05, 4.69) is 10.3 Å². The lowest BCUT2D eigenvalue weighted by Crippen LogP contribution is -2.23. The first-order valence-corrected chi connectivity index (χ1v) is 11.8. The summed E-state index contributed by atoms with van der Waals surface area (Å²) < 4.78 is 5.23. The number of hydrogen-bond donors (Lipinski definition) is 2. The Kier molecular flexibility index (Phi) is 6.87. The van der Waals surface area contributed by atoms with Gasteiger partial charge in [-0.05, 0) is 55.5 Å². The number of carbonyl (C=O) groups is 3. The number of anilines is 1. The van der Waals surface area contributed by atoms with Crippen LogP contribution in [-0.4, -0.2) is 29.4 Å². The van der Waals surface area contributed by atoms with Gasteiger partial charge in [0.15, 0.2) is 6.61 Å². The molecule has 2 aromatic heterocycles. The Bertz CT molecular complexity index is 1160. The van der Waals surface area contributed by atoms with Gasteiger partial charge in [0, 0.05) is 16.0 Å². The van der Waals surface area contributed by atoms with Crippen LogP contribution in [0.25, 0.3) is 0 Å². The van der Waals surface area contributed by atoms with Crippen LogP contribution in [0.3, 0.4) is 0 Å². The molecule has 1 aliphatic rings. The van der Waals surface area contributed by atoms with Gasteiger partial charge in [-0.3, -0.25) is 9.59 Å². The number of rotatable bonds is 7. The van der Waals surface area contributed by atoms with E-state index >= 15 is 0 Å². The Morgan fingerprint density at radius 2 is 1.88 bits per heavy atom. The number of nitrogens with two attached hydrogens (primary N) is 1. The molecular weight excluding hydrogens is 446 g/mol. The molecule has 0 radical (unpaired) electrons. The number of esters is 1. The van der Waals surface area contributed by atoms with E-state index in [1.54, 1.807) is 18.3 Å². The molecule has 0 saturated carbocycles. The summed E-state index contributed by atoms with van der Waals surface area (Å²) in [7, 11) is 0. The van der Waals surface area contributed by atoms with Gasteiger partial charge >= 0.3 is 5.97 Å². The number of pyridine rings is 1. The van der Waals surface area contributed by atoms with Gasteiger partial charge in [-0.1, -0.05) is 30.0 Å². The fourth-order valence-corrected chi connectivity index (χ4v) is 5.72. The number of aromatic nitrogens is 1. The second-order valence-corrected chi connectivity index (χ2v) is 9.34. The Labute approximate surface area is 193 Å². The second kappa shape index (κ2) is 9.97. The van der Waals surface area contributed by atoms with Gasteiger partial charge in [0.25, 0.3) is 11.8 Å². The molecule has 7 nitrogen and oxygen atoms in total. The first-order valence-electron chi connectivity index (χ1n) is 10.1. The van der Waals surface area contributed by atoms with Crippen LogP contribution in [0.15, 0.2) is 58.6 Å². The van der Waals surface area contributed by atoms with E-state index in [1.807, 2.05) is 30.3 Å². The number of primary amides is 1. The first kappa shape index (κ1) is 22.0. The summed E-state index contributed by atoms with van der Waals surface area (Å²) in [4.78, 5) is 43.3. The number of carbonyl (C=O) groups excluding carboxylic acids is 3. The normalized spacial score (nSPS) is 12.6. The van der Waals surface area contributed by atoms with E-state index in [4.69, 9.17) is 10.5 Å². The molecule has 0 atom stereocenters. The highest BCUT2D eigenvalue weighted by Crippen LogP contribution is 2.37. The summed E-state index contributed by atoms with van der Waals surface area (Å²) in [6.07, 6.45) is 5.28. The topological polar surface area (TPSA) is 111 Å². The minimum atomic E-state index is -0.646. The van der Waals surface area contributed by atoms with Crippen molar-refractivity contribution in [2.24, 2.45) is 5.73 Å². The highest BCUT2D eigenvalue weighted by atomic mass is 32.2. The SMILES string of the molecule is NC(=O)c1c(NC(=O)COC(=O)c2cccnc2Sc2ccccc2)sc2c1CCCC2. The fraction of sp³-hybridized carbons (Fsp3) is 0.217. The fourth-order valence-electron chi connectivity index (χ4n) is 3.51. The molecule has 0 bridgehead atoms. The zero-order valence-corrected chi connectivity index (χ0v) is 18.8. The number of benzene rings is 1. The van der Waals surface area contributed by atoms with Crippen molar-refractivity contribution in [3.8, 4) is 0 Å². The predicted molar refractivity (Wildman–Crippen MR) is 123 cm³/mol. The van der Waals surface area contributed by atoms with Gasteiger partial charge in [-0.2, -0.15) is 0 Å². The number of thiophene rings is 1. The number of fused-ring (bicyclic) bond motifs is 1. The van der Waals surface area contributed by atoms with Crippen molar-refractivity contribution in [2.45, 2.75) is 35.6 Å². The third kappa shape index (κ3) is 5.00. The van der Waals surface area contributed by atoms with E-state index in [0.29, 0.717) is 15.6 Å². The Morgan fingerprint density at radius 1 is 1.09 bits per heavy atom. The van der Waals surface area contributed by atoms with E-state index < -0.39 is 24.4 Å². The van der Waals surface area contributed by atoms with Gasteiger partial charge in [0.05, 0.1) is 11.1 Å². The molecule has 0 saturated heterocycles. The van der Waals surface area contributed by atoms with Crippen LogP contribution in [0.4, 0.5) is 5.00 Å². The number of ether oxygens (including phenoxy) is 1. The quantitative estimate of drug-likeness (QED) is 0.507. The summed E-state index contributed by atoms with van der Waals surface area (Å²) in [6.45, 7) is -0.482. The molecule has 0 unspecified atom stereocenters. The molecule has 164 valence electrons. The van der Waals surface area contributed by atoms with Gasteiger partial charge < -0.3 is 15.8 Å². The maximum atomic E-state index is 12.6. The molecule has 4 rings (SSSR count). The predicted octanol–water partition coefficient (Wildman–Crippen LogP) is 4.07. The highest BCUT2D eigenvalue weighted by molar-refractivity contribution is 7.99. The largest absolute Gasteiger partial charge is 0.452 e. The molecule has 0 spiro atoms. The van der Waals surface area contributed by atoms with Crippen molar-refractivity contribution >= 4 is 45.9 Å². The third-order valence-electron chi connectivity index (χ3n) is 4.95. The number of nitrogens with zero attached hydrogens (tertiary/aromatic N) is 1. The maximum Gasteiger partial charge on any atom is 0.341 e. The summed E-state index contributed by atoms with van der Waals surface area (Å²) in [5, 5.41) is 3.61. The van der Waals surface area contributed by atoms with Crippen molar-refractivity contribution in [3.63, 3.8) is 0 Å². The Morgan fingerprint density at radius 3 is 2.66 bits per heavy atom. The van der Waals surface area contributed by atoms with Crippen molar-refractivity contribution in [2.75, 3.05) is 11.9 Å². The van der Waals surface area contributed by atoms with Gasteiger partial charge in [0.1, 0.15) is 10.0 Å². The van der Waals surface area contributed by atoms with E-state index in [0.717, 1.165) is 41.0 Å². The van der Waals surface area contributed by atoms with E-state index in [-0.39, 0.29) is 5.56 Å². The molecule has 0 fully saturated rings. The number of amides is 2. The van der Waals surface area contributed by atoms with Crippen molar-refractivity contribution in [3.05, 3.63) is 70.2 Å².